The number of halogens is 1. The molecule has 1 aromatic heterocycles. The molecular weight excluding hydrogens is 274 g/mol. The van der Waals surface area contributed by atoms with E-state index in [2.05, 4.69) is 10.2 Å². The Morgan fingerprint density at radius 2 is 2.33 bits per heavy atom. The molecule has 0 aliphatic heterocycles. The summed E-state index contributed by atoms with van der Waals surface area (Å²) in [5.41, 5.74) is 0.779. The number of aromatic amines is 1. The van der Waals surface area contributed by atoms with E-state index in [4.69, 9.17) is 28.6 Å². The van der Waals surface area contributed by atoms with Crippen LogP contribution in [0, 0.1) is 4.77 Å². The molecule has 2 rings (SSSR count). The van der Waals surface area contributed by atoms with Crippen LogP contribution in [0.15, 0.2) is 18.2 Å². The van der Waals surface area contributed by atoms with Gasteiger partial charge in [-0.3, -0.25) is 9.67 Å². The summed E-state index contributed by atoms with van der Waals surface area (Å²) in [6.45, 7) is 1.13. The van der Waals surface area contributed by atoms with Crippen LogP contribution in [0.3, 0.4) is 0 Å². The average molecular weight is 286 g/mol. The highest BCUT2D eigenvalue weighted by Gasteiger charge is 2.10. The van der Waals surface area contributed by atoms with Crippen molar-refractivity contribution in [2.24, 2.45) is 0 Å². The fourth-order valence-corrected chi connectivity index (χ4v) is 1.98. The molecule has 96 valence electrons. The summed E-state index contributed by atoms with van der Waals surface area (Å²) in [6, 6.07) is 4.90. The van der Waals surface area contributed by atoms with Crippen molar-refractivity contribution in [3.63, 3.8) is 0 Å². The fraction of sp³-hybridized carbons (Fsp3) is 0.273. The number of hydrogen-bond acceptors (Lipinski definition) is 4. The van der Waals surface area contributed by atoms with Gasteiger partial charge in [0, 0.05) is 12.7 Å². The van der Waals surface area contributed by atoms with Crippen molar-refractivity contribution in [1.29, 1.82) is 0 Å². The molecule has 0 aliphatic rings. The molecule has 2 aromatic rings. The number of aromatic hydroxyl groups is 1. The zero-order chi connectivity index (χ0) is 13.1. The highest BCUT2D eigenvalue weighted by Crippen LogP contribution is 2.28. The number of H-pyrrole nitrogens is 1. The number of hydrogen-bond donors (Lipinski definition) is 2. The summed E-state index contributed by atoms with van der Waals surface area (Å²) < 4.78 is 7.37. The highest BCUT2D eigenvalue weighted by atomic mass is 35.5. The van der Waals surface area contributed by atoms with Crippen molar-refractivity contribution in [3.05, 3.63) is 28.0 Å². The van der Waals surface area contributed by atoms with Gasteiger partial charge in [-0.1, -0.05) is 11.6 Å². The van der Waals surface area contributed by atoms with Gasteiger partial charge in [0.2, 0.25) is 0 Å². The molecule has 2 N–H and O–H groups in total. The van der Waals surface area contributed by atoms with Crippen LogP contribution in [0.4, 0.5) is 0 Å². The second kappa shape index (κ2) is 5.51. The number of nitrogens with zero attached hydrogens (tertiary/aromatic N) is 2. The monoisotopic (exact) mass is 285 g/mol. The molecule has 0 amide bonds. The average Bonchev–Trinajstić information content (AvgIpc) is 2.72. The Bertz CT molecular complexity index is 609. The number of phenols is 1. The lowest BCUT2D eigenvalue weighted by Gasteiger charge is -2.06. The van der Waals surface area contributed by atoms with Gasteiger partial charge in [-0.25, -0.2) is 0 Å². The van der Waals surface area contributed by atoms with Gasteiger partial charge in [0.25, 0.3) is 0 Å². The zero-order valence-corrected chi connectivity index (χ0v) is 11.3. The lowest BCUT2D eigenvalue weighted by molar-refractivity contribution is 0.187. The maximum absolute atomic E-state index is 9.40. The van der Waals surface area contributed by atoms with Gasteiger partial charge in [0.15, 0.2) is 10.6 Å². The highest BCUT2D eigenvalue weighted by molar-refractivity contribution is 7.71. The van der Waals surface area contributed by atoms with E-state index >= 15 is 0 Å². The van der Waals surface area contributed by atoms with E-state index in [1.165, 1.54) is 6.07 Å². The molecule has 0 saturated heterocycles. The standard InChI is InChI=1S/C11H12ClN3O2S/c1-17-5-4-15-10(13-14-11(15)18)7-2-3-9(16)8(12)6-7/h2-3,6,16H,4-5H2,1H3,(H,14,18). The van der Waals surface area contributed by atoms with Crippen molar-refractivity contribution in [1.82, 2.24) is 14.8 Å². The number of benzene rings is 1. The number of aromatic nitrogens is 3. The summed E-state index contributed by atoms with van der Waals surface area (Å²) in [7, 11) is 1.63. The Hall–Kier alpha value is -1.37. The van der Waals surface area contributed by atoms with Crippen LogP contribution in [0.25, 0.3) is 11.4 Å². The molecule has 18 heavy (non-hydrogen) atoms. The smallest absolute Gasteiger partial charge is 0.195 e. The second-order valence-electron chi connectivity index (χ2n) is 3.66. The van der Waals surface area contributed by atoms with Crippen LogP contribution in [0.2, 0.25) is 5.02 Å². The third kappa shape index (κ3) is 2.55. The van der Waals surface area contributed by atoms with Gasteiger partial charge < -0.3 is 9.84 Å². The molecule has 0 bridgehead atoms. The Morgan fingerprint density at radius 1 is 1.56 bits per heavy atom. The first-order valence-corrected chi connectivity index (χ1v) is 6.05. The Morgan fingerprint density at radius 3 is 3.00 bits per heavy atom. The van der Waals surface area contributed by atoms with E-state index in [1.807, 2.05) is 4.57 Å². The van der Waals surface area contributed by atoms with Crippen LogP contribution in [0.5, 0.6) is 5.75 Å². The number of ether oxygens (including phenoxy) is 1. The minimum atomic E-state index is 0.0398. The molecule has 0 aliphatic carbocycles. The van der Waals surface area contributed by atoms with Crippen molar-refractivity contribution < 1.29 is 9.84 Å². The first-order chi connectivity index (χ1) is 8.63. The molecule has 1 heterocycles. The second-order valence-corrected chi connectivity index (χ2v) is 4.46. The minimum Gasteiger partial charge on any atom is -0.506 e. The zero-order valence-electron chi connectivity index (χ0n) is 9.68. The molecule has 0 radical (unpaired) electrons. The number of rotatable bonds is 4. The molecule has 1 aromatic carbocycles. The van der Waals surface area contributed by atoms with Gasteiger partial charge in [-0.15, -0.1) is 0 Å². The van der Waals surface area contributed by atoms with Gasteiger partial charge in [-0.05, 0) is 30.4 Å². The summed E-state index contributed by atoms with van der Waals surface area (Å²) in [5.74, 6) is 0.706. The third-order valence-corrected chi connectivity index (χ3v) is 3.10. The Kier molecular flexibility index (Phi) is 4.00. The molecule has 0 spiro atoms. The topological polar surface area (TPSA) is 63.1 Å². The quantitative estimate of drug-likeness (QED) is 0.848. The summed E-state index contributed by atoms with van der Waals surface area (Å²) in [4.78, 5) is 0. The van der Waals surface area contributed by atoms with Crippen molar-refractivity contribution in [3.8, 4) is 17.1 Å². The maximum Gasteiger partial charge on any atom is 0.195 e. The predicted molar refractivity (Wildman–Crippen MR) is 71.4 cm³/mol. The minimum absolute atomic E-state index is 0.0398. The van der Waals surface area contributed by atoms with E-state index in [9.17, 15) is 5.11 Å². The van der Waals surface area contributed by atoms with Crippen LogP contribution in [-0.4, -0.2) is 33.6 Å². The summed E-state index contributed by atoms with van der Waals surface area (Å²) >= 11 is 11.0. The van der Waals surface area contributed by atoms with Crippen LogP contribution in [-0.2, 0) is 11.3 Å². The molecule has 5 nitrogen and oxygen atoms in total. The molecule has 0 unspecified atom stereocenters. The lowest BCUT2D eigenvalue weighted by Crippen LogP contribution is -2.06. The van der Waals surface area contributed by atoms with E-state index in [-0.39, 0.29) is 10.8 Å². The van der Waals surface area contributed by atoms with Crippen molar-refractivity contribution in [2.45, 2.75) is 6.54 Å². The van der Waals surface area contributed by atoms with Gasteiger partial charge in [-0.2, -0.15) is 5.10 Å². The van der Waals surface area contributed by atoms with Crippen molar-refractivity contribution >= 4 is 23.8 Å². The first kappa shape index (κ1) is 13.1. The molecule has 0 atom stereocenters. The largest absolute Gasteiger partial charge is 0.506 e. The third-order valence-electron chi connectivity index (χ3n) is 2.48. The van der Waals surface area contributed by atoms with Crippen LogP contribution in [0.1, 0.15) is 0 Å². The van der Waals surface area contributed by atoms with Gasteiger partial charge >= 0.3 is 0 Å². The van der Waals surface area contributed by atoms with Gasteiger partial charge in [0.1, 0.15) is 5.75 Å². The fourth-order valence-electron chi connectivity index (χ4n) is 1.57. The van der Waals surface area contributed by atoms with E-state index in [0.29, 0.717) is 23.7 Å². The number of methoxy groups -OCH3 is 1. The lowest BCUT2D eigenvalue weighted by atomic mass is 10.2. The first-order valence-electron chi connectivity index (χ1n) is 5.26. The van der Waals surface area contributed by atoms with E-state index < -0.39 is 0 Å². The Balaban J connectivity index is 2.43. The van der Waals surface area contributed by atoms with Crippen LogP contribution < -0.4 is 0 Å². The summed E-state index contributed by atoms with van der Waals surface area (Å²) in [6.07, 6.45) is 0. The van der Waals surface area contributed by atoms with Gasteiger partial charge in [0.05, 0.1) is 18.2 Å². The SMILES string of the molecule is COCCn1c(-c2ccc(O)c(Cl)c2)n[nH]c1=S. The molecular formula is C11H12ClN3O2S. The number of nitrogens with one attached hydrogen (secondary N) is 1. The van der Waals surface area contributed by atoms with Crippen LogP contribution >= 0.6 is 23.8 Å². The van der Waals surface area contributed by atoms with E-state index in [0.717, 1.165) is 5.56 Å². The molecule has 0 fully saturated rings. The summed E-state index contributed by atoms with van der Waals surface area (Å²) in [5, 5.41) is 16.6. The maximum atomic E-state index is 9.40. The molecule has 0 saturated carbocycles. The normalized spacial score (nSPS) is 10.8. The van der Waals surface area contributed by atoms with E-state index in [1.54, 1.807) is 19.2 Å². The number of phenolic OH excluding ortho intramolecular Hbond substituents is 1. The predicted octanol–water partition coefficient (Wildman–Crippen LogP) is 2.61. The van der Waals surface area contributed by atoms with Crippen molar-refractivity contribution in [2.75, 3.05) is 13.7 Å². The molecule has 7 heteroatoms. The Labute approximate surface area is 114 Å².